The van der Waals surface area contributed by atoms with E-state index in [0.717, 1.165) is 16.8 Å². The molecule has 2 heterocycles. The molecule has 0 fully saturated rings. The summed E-state index contributed by atoms with van der Waals surface area (Å²) in [7, 11) is 3.07. The van der Waals surface area contributed by atoms with E-state index in [0.29, 0.717) is 11.6 Å². The van der Waals surface area contributed by atoms with Crippen molar-refractivity contribution in [2.45, 2.75) is 13.8 Å². The Labute approximate surface area is 158 Å². The van der Waals surface area contributed by atoms with Gasteiger partial charge in [-0.2, -0.15) is 0 Å². The van der Waals surface area contributed by atoms with Gasteiger partial charge in [-0.25, -0.2) is 14.8 Å². The van der Waals surface area contributed by atoms with Crippen molar-refractivity contribution in [3.63, 3.8) is 0 Å². The summed E-state index contributed by atoms with van der Waals surface area (Å²) in [4.78, 5) is 33.4. The first kappa shape index (κ1) is 18.5. The Balaban J connectivity index is 2.09. The van der Waals surface area contributed by atoms with Crippen molar-refractivity contribution in [1.82, 2.24) is 14.4 Å². The molecule has 0 saturated carbocycles. The molecule has 0 aliphatic rings. The van der Waals surface area contributed by atoms with E-state index in [4.69, 9.17) is 4.74 Å². The number of aromatic nitrogens is 3. The molecule has 3 rings (SSSR count). The van der Waals surface area contributed by atoms with Crippen LogP contribution in [0, 0.1) is 0 Å². The zero-order valence-electron chi connectivity index (χ0n) is 14.4. The Morgan fingerprint density at radius 3 is 2.81 bits per heavy atom. The number of benzene rings is 1. The molecule has 0 radical (unpaired) electrons. The van der Waals surface area contributed by atoms with E-state index in [-0.39, 0.29) is 23.8 Å². The quantitative estimate of drug-likeness (QED) is 0.376. The second-order valence-corrected chi connectivity index (χ2v) is 7.95. The van der Waals surface area contributed by atoms with Crippen molar-refractivity contribution in [3.8, 4) is 0 Å². The highest BCUT2D eigenvalue weighted by atomic mass is 33.1. The Morgan fingerprint density at radius 2 is 2.04 bits per heavy atom. The smallest absolute Gasteiger partial charge is 0.343 e. The predicted molar refractivity (Wildman–Crippen MR) is 106 cm³/mol. The maximum absolute atomic E-state index is 12.4. The number of ether oxygens (including phenoxy) is 1. The van der Waals surface area contributed by atoms with E-state index in [1.165, 1.54) is 17.0 Å². The molecule has 0 bridgehead atoms. The molecular formula is C17H18N4O3S2. The minimum atomic E-state index is -0.537. The van der Waals surface area contributed by atoms with Crippen LogP contribution in [-0.4, -0.2) is 44.4 Å². The molecule has 2 aromatic heterocycles. The zero-order valence-corrected chi connectivity index (χ0v) is 16.0. The number of imidazole rings is 1. The second kappa shape index (κ2) is 8.41. The van der Waals surface area contributed by atoms with Gasteiger partial charge < -0.3 is 10.1 Å². The number of anilines is 1. The average Bonchev–Trinajstić information content (AvgIpc) is 3.01. The van der Waals surface area contributed by atoms with Crippen LogP contribution in [0.5, 0.6) is 0 Å². The third kappa shape index (κ3) is 3.78. The molecule has 1 amide bonds. The molecule has 7 nitrogen and oxygen atoms in total. The number of para-hydroxylation sites is 2. The Morgan fingerprint density at radius 1 is 1.23 bits per heavy atom. The molecule has 26 heavy (non-hydrogen) atoms. The third-order valence-corrected chi connectivity index (χ3v) is 5.82. The first-order valence-corrected chi connectivity index (χ1v) is 10.6. The number of hydrogen-bond donors (Lipinski definition) is 1. The minimum absolute atomic E-state index is 0.198. The lowest BCUT2D eigenvalue weighted by Crippen LogP contribution is -2.20. The summed E-state index contributed by atoms with van der Waals surface area (Å²) in [5.41, 5.74) is 1.68. The van der Waals surface area contributed by atoms with Gasteiger partial charge in [-0.1, -0.05) is 40.6 Å². The van der Waals surface area contributed by atoms with Crippen molar-refractivity contribution in [2.75, 3.05) is 23.4 Å². The summed E-state index contributed by atoms with van der Waals surface area (Å²) in [6.45, 7) is 3.99. The van der Waals surface area contributed by atoms with Crippen molar-refractivity contribution in [1.29, 1.82) is 0 Å². The van der Waals surface area contributed by atoms with Crippen LogP contribution >= 0.6 is 21.6 Å². The average molecular weight is 390 g/mol. The van der Waals surface area contributed by atoms with E-state index < -0.39 is 5.97 Å². The topological polar surface area (TPSA) is 85.6 Å². The van der Waals surface area contributed by atoms with Crippen LogP contribution in [0.4, 0.5) is 5.82 Å². The van der Waals surface area contributed by atoms with Crippen LogP contribution in [0.2, 0.25) is 0 Å². The van der Waals surface area contributed by atoms with Gasteiger partial charge in [0, 0.05) is 11.9 Å². The minimum Gasteiger partial charge on any atom is -0.462 e. The van der Waals surface area contributed by atoms with Gasteiger partial charge >= 0.3 is 5.97 Å². The number of nitrogens with zero attached hydrogens (tertiary/aromatic N) is 3. The van der Waals surface area contributed by atoms with Crippen LogP contribution in [0.25, 0.3) is 16.8 Å². The SMILES string of the molecule is CCOC(=O)c1cnc2nc3ccccc3n2c1NC(=O)CSSCC. The molecule has 9 heteroatoms. The molecule has 0 saturated heterocycles. The van der Waals surface area contributed by atoms with E-state index in [1.54, 1.807) is 22.1 Å². The van der Waals surface area contributed by atoms with E-state index in [9.17, 15) is 9.59 Å². The zero-order chi connectivity index (χ0) is 18.5. The largest absolute Gasteiger partial charge is 0.462 e. The second-order valence-electron chi connectivity index (χ2n) is 5.19. The number of carbonyl (C=O) groups is 2. The van der Waals surface area contributed by atoms with Crippen molar-refractivity contribution in [3.05, 3.63) is 36.0 Å². The molecule has 0 aliphatic heterocycles. The molecule has 0 atom stereocenters. The summed E-state index contributed by atoms with van der Waals surface area (Å²) >= 11 is 0. The molecule has 0 aliphatic carbocycles. The fraction of sp³-hybridized carbons (Fsp3) is 0.294. The van der Waals surface area contributed by atoms with Crippen LogP contribution < -0.4 is 5.32 Å². The first-order chi connectivity index (χ1) is 12.7. The van der Waals surface area contributed by atoms with Gasteiger partial charge in [0.15, 0.2) is 0 Å². The Hall–Kier alpha value is -2.26. The van der Waals surface area contributed by atoms with Crippen LogP contribution in [-0.2, 0) is 9.53 Å². The molecule has 1 aromatic carbocycles. The van der Waals surface area contributed by atoms with Crippen molar-refractivity contribution >= 4 is 56.1 Å². The van der Waals surface area contributed by atoms with Gasteiger partial charge in [0.25, 0.3) is 0 Å². The number of fused-ring (bicyclic) bond motifs is 3. The number of nitrogens with one attached hydrogen (secondary N) is 1. The number of carbonyl (C=O) groups excluding carboxylic acids is 2. The standard InChI is InChI=1S/C17H18N4O3S2/c1-3-24-16(23)11-9-18-17-19-12-7-5-6-8-13(12)21(17)15(11)20-14(22)10-26-25-4-2/h5-9H,3-4,10H2,1-2H3,(H,20,22). The number of hydrogen-bond acceptors (Lipinski definition) is 7. The van der Waals surface area contributed by atoms with Crippen LogP contribution in [0.15, 0.2) is 30.5 Å². The van der Waals surface area contributed by atoms with Crippen LogP contribution in [0.1, 0.15) is 24.2 Å². The van der Waals surface area contributed by atoms with Gasteiger partial charge in [-0.05, 0) is 19.1 Å². The maximum atomic E-state index is 12.4. The summed E-state index contributed by atoms with van der Waals surface area (Å²) in [6.07, 6.45) is 1.39. The fourth-order valence-electron chi connectivity index (χ4n) is 2.45. The maximum Gasteiger partial charge on any atom is 0.343 e. The highest BCUT2D eigenvalue weighted by Gasteiger charge is 2.21. The summed E-state index contributed by atoms with van der Waals surface area (Å²) < 4.78 is 6.79. The van der Waals surface area contributed by atoms with Gasteiger partial charge in [0.2, 0.25) is 11.7 Å². The highest BCUT2D eigenvalue weighted by Crippen LogP contribution is 2.25. The number of rotatable bonds is 7. The van der Waals surface area contributed by atoms with E-state index >= 15 is 0 Å². The highest BCUT2D eigenvalue weighted by molar-refractivity contribution is 8.76. The summed E-state index contributed by atoms with van der Waals surface area (Å²) in [6, 6.07) is 7.46. The molecule has 0 spiro atoms. The normalized spacial score (nSPS) is 11.0. The van der Waals surface area contributed by atoms with Crippen molar-refractivity contribution in [2.24, 2.45) is 0 Å². The fourth-order valence-corrected chi connectivity index (χ4v) is 3.95. The molecule has 3 aromatic rings. The lowest BCUT2D eigenvalue weighted by Gasteiger charge is -2.12. The summed E-state index contributed by atoms with van der Waals surface area (Å²) in [5.74, 6) is 1.19. The monoisotopic (exact) mass is 390 g/mol. The number of amides is 1. The van der Waals surface area contributed by atoms with Gasteiger partial charge in [0.1, 0.15) is 11.4 Å². The Bertz CT molecular complexity index is 958. The first-order valence-electron chi connectivity index (χ1n) is 8.13. The van der Waals surface area contributed by atoms with Gasteiger partial charge in [-0.3, -0.25) is 9.20 Å². The van der Waals surface area contributed by atoms with Gasteiger partial charge in [0.05, 0.1) is 23.4 Å². The molecular weight excluding hydrogens is 372 g/mol. The predicted octanol–water partition coefficient (Wildman–Crippen LogP) is 3.40. The molecule has 1 N–H and O–H groups in total. The Kier molecular flexibility index (Phi) is 6.00. The number of esters is 1. The van der Waals surface area contributed by atoms with Gasteiger partial charge in [-0.15, -0.1) is 0 Å². The van der Waals surface area contributed by atoms with Crippen molar-refractivity contribution < 1.29 is 14.3 Å². The molecule has 0 unspecified atom stereocenters. The lowest BCUT2D eigenvalue weighted by atomic mass is 10.3. The summed E-state index contributed by atoms with van der Waals surface area (Å²) in [5, 5.41) is 2.84. The molecule has 136 valence electrons. The third-order valence-electron chi connectivity index (χ3n) is 3.48. The lowest BCUT2D eigenvalue weighted by molar-refractivity contribution is -0.113. The van der Waals surface area contributed by atoms with E-state index in [2.05, 4.69) is 15.3 Å². The van der Waals surface area contributed by atoms with Crippen LogP contribution in [0.3, 0.4) is 0 Å². The van der Waals surface area contributed by atoms with E-state index in [1.807, 2.05) is 31.2 Å².